The SMILES string of the molecule is CCN(CC(=O)N1CCNCC1)CC1CCC1. The third-order valence-corrected chi connectivity index (χ3v) is 4.02. The molecule has 0 radical (unpaired) electrons. The molecule has 2 fully saturated rings. The maximum atomic E-state index is 12.1. The van der Waals surface area contributed by atoms with E-state index >= 15 is 0 Å². The van der Waals surface area contributed by atoms with E-state index in [1.54, 1.807) is 0 Å². The van der Waals surface area contributed by atoms with Crippen LogP contribution in [0.2, 0.25) is 0 Å². The highest BCUT2D eigenvalue weighted by Gasteiger charge is 2.23. The topological polar surface area (TPSA) is 35.6 Å². The number of carbonyl (C=O) groups is 1. The van der Waals surface area contributed by atoms with Crippen LogP contribution in [0.4, 0.5) is 0 Å². The predicted octanol–water partition coefficient (Wildman–Crippen LogP) is 0.540. The molecule has 0 aromatic heterocycles. The lowest BCUT2D eigenvalue weighted by molar-refractivity contribution is -0.133. The molecule has 1 N–H and O–H groups in total. The highest BCUT2D eigenvalue weighted by Crippen LogP contribution is 2.26. The van der Waals surface area contributed by atoms with Crippen molar-refractivity contribution in [2.24, 2.45) is 5.92 Å². The summed E-state index contributed by atoms with van der Waals surface area (Å²) in [6.45, 7) is 8.53. The molecule has 1 saturated heterocycles. The van der Waals surface area contributed by atoms with Gasteiger partial charge in [-0.1, -0.05) is 13.3 Å². The van der Waals surface area contributed by atoms with Crippen LogP contribution in [0.5, 0.6) is 0 Å². The molecule has 0 aromatic carbocycles. The number of likely N-dealkylation sites (N-methyl/N-ethyl adjacent to an activating group) is 1. The summed E-state index contributed by atoms with van der Waals surface area (Å²) in [7, 11) is 0. The molecule has 17 heavy (non-hydrogen) atoms. The molecule has 1 heterocycles. The second kappa shape index (κ2) is 6.36. The minimum Gasteiger partial charge on any atom is -0.339 e. The number of nitrogens with zero attached hydrogens (tertiary/aromatic N) is 2. The second-order valence-electron chi connectivity index (χ2n) is 5.26. The summed E-state index contributed by atoms with van der Waals surface area (Å²) in [5.74, 6) is 1.17. The Balaban J connectivity index is 1.73. The fraction of sp³-hybridized carbons (Fsp3) is 0.923. The van der Waals surface area contributed by atoms with Gasteiger partial charge in [-0.15, -0.1) is 0 Å². The van der Waals surface area contributed by atoms with Crippen LogP contribution in [0, 0.1) is 5.92 Å². The largest absolute Gasteiger partial charge is 0.339 e. The average molecular weight is 239 g/mol. The van der Waals surface area contributed by atoms with Crippen molar-refractivity contribution in [3.05, 3.63) is 0 Å². The van der Waals surface area contributed by atoms with E-state index in [0.29, 0.717) is 12.5 Å². The van der Waals surface area contributed by atoms with Gasteiger partial charge in [0, 0.05) is 32.7 Å². The average Bonchev–Trinajstić information content (AvgIpc) is 2.33. The van der Waals surface area contributed by atoms with Crippen LogP contribution in [-0.2, 0) is 4.79 Å². The third kappa shape index (κ3) is 3.68. The van der Waals surface area contributed by atoms with Gasteiger partial charge in [0.2, 0.25) is 5.91 Å². The zero-order valence-electron chi connectivity index (χ0n) is 11.0. The van der Waals surface area contributed by atoms with E-state index in [4.69, 9.17) is 0 Å². The predicted molar refractivity (Wildman–Crippen MR) is 68.9 cm³/mol. The summed E-state index contributed by atoms with van der Waals surface area (Å²) < 4.78 is 0. The molecule has 98 valence electrons. The van der Waals surface area contributed by atoms with Crippen molar-refractivity contribution >= 4 is 5.91 Å². The zero-order chi connectivity index (χ0) is 12.1. The smallest absolute Gasteiger partial charge is 0.236 e. The van der Waals surface area contributed by atoms with Crippen molar-refractivity contribution in [1.29, 1.82) is 0 Å². The van der Waals surface area contributed by atoms with E-state index in [1.165, 1.54) is 19.3 Å². The van der Waals surface area contributed by atoms with Gasteiger partial charge in [0.1, 0.15) is 0 Å². The normalized spacial score (nSPS) is 21.6. The lowest BCUT2D eigenvalue weighted by Gasteiger charge is -2.33. The molecule has 0 spiro atoms. The Labute approximate surface area is 104 Å². The highest BCUT2D eigenvalue weighted by atomic mass is 16.2. The third-order valence-electron chi connectivity index (χ3n) is 4.02. The summed E-state index contributed by atoms with van der Waals surface area (Å²) in [4.78, 5) is 16.4. The van der Waals surface area contributed by atoms with Crippen LogP contribution >= 0.6 is 0 Å². The maximum Gasteiger partial charge on any atom is 0.236 e. The molecule has 4 heteroatoms. The Hall–Kier alpha value is -0.610. The van der Waals surface area contributed by atoms with E-state index in [9.17, 15) is 4.79 Å². The minimum absolute atomic E-state index is 0.313. The lowest BCUT2D eigenvalue weighted by Crippen LogP contribution is -2.50. The monoisotopic (exact) mass is 239 g/mol. The van der Waals surface area contributed by atoms with Crippen molar-refractivity contribution in [3.8, 4) is 0 Å². The van der Waals surface area contributed by atoms with Crippen LogP contribution in [0.1, 0.15) is 26.2 Å². The van der Waals surface area contributed by atoms with Gasteiger partial charge in [-0.3, -0.25) is 9.69 Å². The Bertz CT molecular complexity index is 247. The molecule has 1 aliphatic carbocycles. The zero-order valence-corrected chi connectivity index (χ0v) is 11.0. The van der Waals surface area contributed by atoms with E-state index in [2.05, 4.69) is 17.1 Å². The van der Waals surface area contributed by atoms with Crippen LogP contribution in [-0.4, -0.2) is 61.5 Å². The van der Waals surface area contributed by atoms with Gasteiger partial charge >= 0.3 is 0 Å². The Kier molecular flexibility index (Phi) is 4.80. The molecule has 4 nitrogen and oxygen atoms in total. The summed E-state index contributed by atoms with van der Waals surface area (Å²) in [6.07, 6.45) is 4.10. The fourth-order valence-electron chi connectivity index (χ4n) is 2.55. The van der Waals surface area contributed by atoms with E-state index < -0.39 is 0 Å². The van der Waals surface area contributed by atoms with Gasteiger partial charge in [0.25, 0.3) is 0 Å². The number of hydrogen-bond donors (Lipinski definition) is 1. The number of nitrogens with one attached hydrogen (secondary N) is 1. The van der Waals surface area contributed by atoms with Crippen molar-refractivity contribution in [1.82, 2.24) is 15.1 Å². The van der Waals surface area contributed by atoms with Crippen molar-refractivity contribution in [2.75, 3.05) is 45.8 Å². The Morgan fingerprint density at radius 2 is 2.06 bits per heavy atom. The van der Waals surface area contributed by atoms with Gasteiger partial charge in [-0.05, 0) is 25.3 Å². The first-order valence-electron chi connectivity index (χ1n) is 7.00. The van der Waals surface area contributed by atoms with E-state index in [-0.39, 0.29) is 0 Å². The highest BCUT2D eigenvalue weighted by molar-refractivity contribution is 5.78. The van der Waals surface area contributed by atoms with Gasteiger partial charge in [-0.25, -0.2) is 0 Å². The Morgan fingerprint density at radius 3 is 2.59 bits per heavy atom. The summed E-state index contributed by atoms with van der Waals surface area (Å²) in [5.41, 5.74) is 0. The van der Waals surface area contributed by atoms with E-state index in [0.717, 1.165) is 45.2 Å². The van der Waals surface area contributed by atoms with Crippen molar-refractivity contribution in [3.63, 3.8) is 0 Å². The first-order chi connectivity index (χ1) is 8.29. The van der Waals surface area contributed by atoms with Crippen LogP contribution < -0.4 is 5.32 Å². The van der Waals surface area contributed by atoms with Crippen LogP contribution in [0.15, 0.2) is 0 Å². The van der Waals surface area contributed by atoms with Gasteiger partial charge in [0.05, 0.1) is 6.54 Å². The molecule has 1 amide bonds. The summed E-state index contributed by atoms with van der Waals surface area (Å²) in [5, 5.41) is 3.28. The number of rotatable bonds is 5. The standard InChI is InChI=1S/C13H25N3O/c1-2-15(10-12-4-3-5-12)11-13(17)16-8-6-14-7-9-16/h12,14H,2-11H2,1H3. The maximum absolute atomic E-state index is 12.1. The van der Waals surface area contributed by atoms with Crippen LogP contribution in [0.25, 0.3) is 0 Å². The molecule has 1 saturated carbocycles. The molecule has 0 unspecified atom stereocenters. The summed E-state index contributed by atoms with van der Waals surface area (Å²) >= 11 is 0. The first-order valence-corrected chi connectivity index (χ1v) is 7.00. The lowest BCUT2D eigenvalue weighted by atomic mass is 9.85. The molecule has 0 atom stereocenters. The van der Waals surface area contributed by atoms with Crippen LogP contribution in [0.3, 0.4) is 0 Å². The molecule has 2 rings (SSSR count). The molecular weight excluding hydrogens is 214 g/mol. The summed E-state index contributed by atoms with van der Waals surface area (Å²) in [6, 6.07) is 0. The van der Waals surface area contributed by atoms with Gasteiger partial charge in [0.15, 0.2) is 0 Å². The van der Waals surface area contributed by atoms with Gasteiger partial charge in [-0.2, -0.15) is 0 Å². The second-order valence-corrected chi connectivity index (χ2v) is 5.26. The Morgan fingerprint density at radius 1 is 1.35 bits per heavy atom. The van der Waals surface area contributed by atoms with Crippen molar-refractivity contribution in [2.45, 2.75) is 26.2 Å². The molecule has 0 aromatic rings. The first kappa shape index (κ1) is 12.8. The minimum atomic E-state index is 0.313. The number of piperazine rings is 1. The number of hydrogen-bond acceptors (Lipinski definition) is 3. The van der Waals surface area contributed by atoms with Crippen molar-refractivity contribution < 1.29 is 4.79 Å². The quantitative estimate of drug-likeness (QED) is 0.760. The van der Waals surface area contributed by atoms with E-state index in [1.807, 2.05) is 4.90 Å². The fourth-order valence-corrected chi connectivity index (χ4v) is 2.55. The number of amides is 1. The molecule has 1 aliphatic heterocycles. The molecule has 2 aliphatic rings. The molecule has 0 bridgehead atoms. The molecular formula is C13H25N3O. The number of carbonyl (C=O) groups excluding carboxylic acids is 1. The van der Waals surface area contributed by atoms with Gasteiger partial charge < -0.3 is 10.2 Å².